The Morgan fingerprint density at radius 2 is 1.45 bits per heavy atom. The Bertz CT molecular complexity index is 1340. The second-order valence-electron chi connectivity index (χ2n) is 7.53. The van der Waals surface area contributed by atoms with Crippen molar-refractivity contribution in [2.75, 3.05) is 7.11 Å². The van der Waals surface area contributed by atoms with Crippen LogP contribution in [0.4, 0.5) is 0 Å². The lowest BCUT2D eigenvalue weighted by atomic mass is 10.0. The molecule has 0 saturated carbocycles. The minimum atomic E-state index is -0.313. The predicted molar refractivity (Wildman–Crippen MR) is 136 cm³/mol. The number of carbonyl (C=O) groups is 1. The molecule has 0 aliphatic rings. The Hall–Kier alpha value is -4.37. The van der Waals surface area contributed by atoms with Gasteiger partial charge < -0.3 is 9.84 Å². The number of fused-ring (bicyclic) bond motifs is 1. The zero-order valence-corrected chi connectivity index (χ0v) is 18.3. The van der Waals surface area contributed by atoms with Gasteiger partial charge in [0.2, 0.25) is 0 Å². The fraction of sp³-hybridized carbons (Fsp3) is 0.0333. The quantitative estimate of drug-likeness (QED) is 0.190. The van der Waals surface area contributed by atoms with Gasteiger partial charge >= 0.3 is 0 Å². The van der Waals surface area contributed by atoms with E-state index in [1.807, 2.05) is 78.9 Å². The van der Waals surface area contributed by atoms with Gasteiger partial charge in [-0.3, -0.25) is 4.79 Å². The number of aliphatic hydroxyl groups is 1. The van der Waals surface area contributed by atoms with Crippen molar-refractivity contribution >= 4 is 28.7 Å². The van der Waals surface area contributed by atoms with Gasteiger partial charge in [0.15, 0.2) is 5.78 Å². The summed E-state index contributed by atoms with van der Waals surface area (Å²) in [6.07, 6.45) is 7.64. The molecule has 0 bridgehead atoms. The van der Waals surface area contributed by atoms with Gasteiger partial charge in [0.05, 0.1) is 7.11 Å². The van der Waals surface area contributed by atoms with Gasteiger partial charge in [0.1, 0.15) is 11.5 Å². The second-order valence-corrected chi connectivity index (χ2v) is 7.53. The maximum absolute atomic E-state index is 12.4. The van der Waals surface area contributed by atoms with E-state index >= 15 is 0 Å². The molecule has 1 N–H and O–H groups in total. The van der Waals surface area contributed by atoms with Crippen molar-refractivity contribution in [3.05, 3.63) is 126 Å². The average Bonchev–Trinajstić information content (AvgIpc) is 2.86. The molecule has 4 rings (SSSR count). The van der Waals surface area contributed by atoms with Crippen LogP contribution in [0.2, 0.25) is 0 Å². The first-order chi connectivity index (χ1) is 16.1. The van der Waals surface area contributed by atoms with Crippen LogP contribution in [0.3, 0.4) is 0 Å². The monoisotopic (exact) mass is 432 g/mol. The first kappa shape index (κ1) is 21.8. The molecule has 0 aromatic heterocycles. The molecule has 0 unspecified atom stereocenters. The number of hydrogen-bond acceptors (Lipinski definition) is 3. The van der Waals surface area contributed by atoms with Crippen molar-refractivity contribution in [2.24, 2.45) is 0 Å². The molecule has 4 aromatic carbocycles. The molecule has 0 fully saturated rings. The van der Waals surface area contributed by atoms with E-state index in [0.717, 1.165) is 33.0 Å². The molecule has 3 heteroatoms. The number of hydrogen-bond donors (Lipinski definition) is 1. The standard InChI is InChI=1S/C30H24O3/c1-33-30-20-16-25-9-5-6-10-28(25)29(30)19-18-27(32)21-26(31)17-13-22-11-14-24(15-12-22)23-7-3-2-4-8-23/h2-21,31H,1H3/b17-13+,19-18+,26-21-. The van der Waals surface area contributed by atoms with E-state index in [-0.39, 0.29) is 11.5 Å². The minimum Gasteiger partial charge on any atom is -0.508 e. The molecule has 0 aliphatic carbocycles. The Morgan fingerprint density at radius 1 is 0.758 bits per heavy atom. The van der Waals surface area contributed by atoms with Gasteiger partial charge in [-0.1, -0.05) is 91.0 Å². The van der Waals surface area contributed by atoms with Crippen molar-refractivity contribution in [1.82, 2.24) is 0 Å². The summed E-state index contributed by atoms with van der Waals surface area (Å²) in [5.74, 6) is 0.262. The molecule has 0 atom stereocenters. The van der Waals surface area contributed by atoms with Crippen molar-refractivity contribution in [1.29, 1.82) is 0 Å². The number of ether oxygens (including phenoxy) is 1. The van der Waals surface area contributed by atoms with Crippen LogP contribution in [0.15, 0.2) is 115 Å². The van der Waals surface area contributed by atoms with Crippen molar-refractivity contribution in [3.8, 4) is 16.9 Å². The highest BCUT2D eigenvalue weighted by Crippen LogP contribution is 2.29. The summed E-state index contributed by atoms with van der Waals surface area (Å²) in [5.41, 5.74) is 4.02. The molecule has 0 spiro atoms. The summed E-state index contributed by atoms with van der Waals surface area (Å²) < 4.78 is 5.45. The van der Waals surface area contributed by atoms with Crippen molar-refractivity contribution in [3.63, 3.8) is 0 Å². The summed E-state index contributed by atoms with van der Waals surface area (Å²) in [6, 6.07) is 29.9. The summed E-state index contributed by atoms with van der Waals surface area (Å²) >= 11 is 0. The highest BCUT2D eigenvalue weighted by atomic mass is 16.5. The highest BCUT2D eigenvalue weighted by Gasteiger charge is 2.06. The molecule has 3 nitrogen and oxygen atoms in total. The molecular formula is C30H24O3. The van der Waals surface area contributed by atoms with Crippen LogP contribution in [0, 0.1) is 0 Å². The second kappa shape index (κ2) is 10.3. The van der Waals surface area contributed by atoms with Crippen molar-refractivity contribution in [2.45, 2.75) is 0 Å². The SMILES string of the molecule is COc1ccc2ccccc2c1/C=C/C(=O)/C=C(O)/C=C/c1ccc(-c2ccccc2)cc1. The van der Waals surface area contributed by atoms with Gasteiger partial charge in [-0.15, -0.1) is 0 Å². The number of rotatable bonds is 7. The summed E-state index contributed by atoms with van der Waals surface area (Å²) in [5, 5.41) is 12.2. The Morgan fingerprint density at radius 3 is 2.21 bits per heavy atom. The molecular weight excluding hydrogens is 408 g/mol. The lowest BCUT2D eigenvalue weighted by molar-refractivity contribution is -0.110. The van der Waals surface area contributed by atoms with E-state index in [1.54, 1.807) is 19.3 Å². The van der Waals surface area contributed by atoms with Crippen molar-refractivity contribution < 1.29 is 14.6 Å². The third kappa shape index (κ3) is 5.46. The number of allylic oxidation sites excluding steroid dienone is 3. The van der Waals surface area contributed by atoms with Crippen LogP contribution in [-0.2, 0) is 4.79 Å². The minimum absolute atomic E-state index is 0.110. The number of methoxy groups -OCH3 is 1. The topological polar surface area (TPSA) is 46.5 Å². The summed E-state index contributed by atoms with van der Waals surface area (Å²) in [4.78, 5) is 12.4. The Labute approximate surface area is 193 Å². The zero-order valence-electron chi connectivity index (χ0n) is 18.3. The number of ketones is 1. The Balaban J connectivity index is 1.46. The third-order valence-electron chi connectivity index (χ3n) is 5.32. The fourth-order valence-electron chi connectivity index (χ4n) is 3.63. The maximum Gasteiger partial charge on any atom is 0.182 e. The smallest absolute Gasteiger partial charge is 0.182 e. The molecule has 0 amide bonds. The molecule has 162 valence electrons. The largest absolute Gasteiger partial charge is 0.508 e. The van der Waals surface area contributed by atoms with Crippen LogP contribution < -0.4 is 4.74 Å². The normalized spacial score (nSPS) is 12.0. The molecule has 0 saturated heterocycles. The van der Waals surface area contributed by atoms with E-state index in [1.165, 1.54) is 18.2 Å². The van der Waals surface area contributed by atoms with E-state index in [0.29, 0.717) is 5.75 Å². The number of carbonyl (C=O) groups excluding carboxylic acids is 1. The predicted octanol–water partition coefficient (Wildman–Crippen LogP) is 7.25. The number of benzene rings is 4. The van der Waals surface area contributed by atoms with E-state index in [4.69, 9.17) is 4.74 Å². The Kier molecular flexibility index (Phi) is 6.81. The van der Waals surface area contributed by atoms with E-state index < -0.39 is 0 Å². The van der Waals surface area contributed by atoms with Gasteiger partial charge in [-0.2, -0.15) is 0 Å². The van der Waals surface area contributed by atoms with Gasteiger partial charge in [-0.25, -0.2) is 0 Å². The zero-order chi connectivity index (χ0) is 23.0. The molecule has 4 aromatic rings. The average molecular weight is 433 g/mol. The van der Waals surface area contributed by atoms with Crippen LogP contribution in [0.5, 0.6) is 5.75 Å². The maximum atomic E-state index is 12.4. The van der Waals surface area contributed by atoms with Crippen LogP contribution in [-0.4, -0.2) is 18.0 Å². The first-order valence-electron chi connectivity index (χ1n) is 10.7. The molecule has 0 aliphatic heterocycles. The lowest BCUT2D eigenvalue weighted by Crippen LogP contribution is -1.91. The molecule has 0 radical (unpaired) electrons. The lowest BCUT2D eigenvalue weighted by Gasteiger charge is -2.08. The highest BCUT2D eigenvalue weighted by molar-refractivity contribution is 6.04. The fourth-order valence-corrected chi connectivity index (χ4v) is 3.63. The molecule has 0 heterocycles. The summed E-state index contributed by atoms with van der Waals surface area (Å²) in [7, 11) is 1.60. The van der Waals surface area contributed by atoms with E-state index in [9.17, 15) is 9.90 Å². The van der Waals surface area contributed by atoms with Gasteiger partial charge in [0.25, 0.3) is 0 Å². The first-order valence-corrected chi connectivity index (χ1v) is 10.7. The molecule has 33 heavy (non-hydrogen) atoms. The summed E-state index contributed by atoms with van der Waals surface area (Å²) in [6.45, 7) is 0. The van der Waals surface area contributed by atoms with Gasteiger partial charge in [0, 0.05) is 11.6 Å². The van der Waals surface area contributed by atoms with Crippen LogP contribution in [0.1, 0.15) is 11.1 Å². The van der Waals surface area contributed by atoms with Crippen LogP contribution in [0.25, 0.3) is 34.1 Å². The number of aliphatic hydroxyl groups excluding tert-OH is 1. The van der Waals surface area contributed by atoms with Crippen LogP contribution >= 0.6 is 0 Å². The third-order valence-corrected chi connectivity index (χ3v) is 5.32. The van der Waals surface area contributed by atoms with E-state index in [2.05, 4.69) is 12.1 Å². The van der Waals surface area contributed by atoms with Gasteiger partial charge in [-0.05, 0) is 51.8 Å².